The molecule has 1 aliphatic rings. The molecule has 1 saturated carbocycles. The number of H-pyrrole nitrogens is 1. The summed E-state index contributed by atoms with van der Waals surface area (Å²) in [7, 11) is 1.82. The van der Waals surface area contributed by atoms with E-state index in [1.54, 1.807) is 6.07 Å². The molecule has 0 amide bonds. The van der Waals surface area contributed by atoms with Gasteiger partial charge in [-0.25, -0.2) is 0 Å². The van der Waals surface area contributed by atoms with E-state index in [4.69, 9.17) is 9.84 Å². The minimum atomic E-state index is -0.183. The summed E-state index contributed by atoms with van der Waals surface area (Å²) in [4.78, 5) is 13.2. The van der Waals surface area contributed by atoms with E-state index < -0.39 is 0 Å². The first-order chi connectivity index (χ1) is 8.67. The Morgan fingerprint density at radius 1 is 1.44 bits per heavy atom. The Hall–Kier alpha value is -0.650. The molecule has 4 nitrogen and oxygen atoms in total. The Morgan fingerprint density at radius 3 is 2.56 bits per heavy atom. The number of aliphatic hydroxyl groups excluding tert-OH is 1. The molecular formula is C13H20BrNO3. The quantitative estimate of drug-likeness (QED) is 0.881. The fourth-order valence-corrected chi connectivity index (χ4v) is 2.30. The van der Waals surface area contributed by atoms with E-state index in [0.29, 0.717) is 16.1 Å². The lowest BCUT2D eigenvalue weighted by atomic mass is 9.98. The molecule has 0 bridgehead atoms. The van der Waals surface area contributed by atoms with Crippen molar-refractivity contribution in [3.63, 3.8) is 0 Å². The van der Waals surface area contributed by atoms with E-state index in [-0.39, 0.29) is 12.2 Å². The summed E-state index contributed by atoms with van der Waals surface area (Å²) in [6.45, 7) is -0.0601. The average Bonchev–Trinajstić information content (AvgIpc) is 2.43. The second-order valence-electron chi connectivity index (χ2n) is 4.34. The number of ether oxygens (including phenoxy) is 1. The van der Waals surface area contributed by atoms with Gasteiger partial charge in [0.25, 0.3) is 5.56 Å². The van der Waals surface area contributed by atoms with Crippen molar-refractivity contribution in [3.8, 4) is 0 Å². The lowest BCUT2D eigenvalue weighted by Gasteiger charge is -2.19. The highest BCUT2D eigenvalue weighted by Gasteiger charge is 2.10. The predicted molar refractivity (Wildman–Crippen MR) is 74.6 cm³/mol. The van der Waals surface area contributed by atoms with Crippen LogP contribution in [0.4, 0.5) is 0 Å². The molecule has 0 spiro atoms. The first-order valence-corrected chi connectivity index (χ1v) is 6.97. The third kappa shape index (κ3) is 5.33. The van der Waals surface area contributed by atoms with Crippen LogP contribution >= 0.6 is 15.9 Å². The predicted octanol–water partition coefficient (Wildman–Crippen LogP) is 2.60. The molecule has 0 atom stereocenters. The number of hydrogen-bond donors (Lipinski definition) is 2. The second-order valence-corrected chi connectivity index (χ2v) is 5.19. The summed E-state index contributed by atoms with van der Waals surface area (Å²) in [5.41, 5.74) is 0.503. The van der Waals surface area contributed by atoms with E-state index in [2.05, 4.69) is 20.9 Å². The summed E-state index contributed by atoms with van der Waals surface area (Å²) >= 11 is 3.03. The molecule has 1 heterocycles. The van der Waals surface area contributed by atoms with Crippen LogP contribution in [-0.4, -0.2) is 23.3 Å². The Morgan fingerprint density at radius 2 is 2.11 bits per heavy atom. The zero-order chi connectivity index (χ0) is 13.4. The molecule has 1 aliphatic carbocycles. The lowest BCUT2D eigenvalue weighted by molar-refractivity contribution is 0.0710. The Kier molecular flexibility index (Phi) is 7.23. The number of aromatic nitrogens is 1. The molecule has 102 valence electrons. The van der Waals surface area contributed by atoms with E-state index in [1.807, 2.05) is 7.11 Å². The number of aliphatic hydroxyl groups is 1. The van der Waals surface area contributed by atoms with Crippen LogP contribution in [-0.2, 0) is 11.3 Å². The standard InChI is InChI=1S/C7H14O.C6H6BrNO2/c1-8-7-5-3-2-4-6-7;7-5-1-4(3-9)2-8-6(5)10/h7H,2-6H2,1H3;1-2,9H,3H2,(H,8,10). The van der Waals surface area contributed by atoms with Crippen LogP contribution in [0, 0.1) is 0 Å². The van der Waals surface area contributed by atoms with Gasteiger partial charge in [-0.1, -0.05) is 19.3 Å². The number of pyridine rings is 1. The third-order valence-corrected chi connectivity index (χ3v) is 3.57. The molecule has 0 radical (unpaired) electrons. The maximum atomic E-state index is 10.7. The summed E-state index contributed by atoms with van der Waals surface area (Å²) in [6.07, 6.45) is 8.81. The summed E-state index contributed by atoms with van der Waals surface area (Å²) in [6, 6.07) is 1.58. The highest BCUT2D eigenvalue weighted by molar-refractivity contribution is 9.10. The summed E-state index contributed by atoms with van der Waals surface area (Å²) in [5.74, 6) is 0. The zero-order valence-electron chi connectivity index (χ0n) is 10.6. The third-order valence-electron chi connectivity index (χ3n) is 2.99. The van der Waals surface area contributed by atoms with Crippen molar-refractivity contribution in [3.05, 3.63) is 32.7 Å². The normalized spacial score (nSPS) is 15.9. The lowest BCUT2D eigenvalue weighted by Crippen LogP contribution is -2.13. The number of aromatic amines is 1. The molecule has 18 heavy (non-hydrogen) atoms. The van der Waals surface area contributed by atoms with Gasteiger partial charge < -0.3 is 14.8 Å². The molecule has 0 aliphatic heterocycles. The van der Waals surface area contributed by atoms with Gasteiger partial charge in [0.15, 0.2) is 0 Å². The molecule has 0 saturated heterocycles. The van der Waals surface area contributed by atoms with E-state index in [1.165, 1.54) is 38.3 Å². The number of hydrogen-bond acceptors (Lipinski definition) is 3. The van der Waals surface area contributed by atoms with Crippen LogP contribution in [0.3, 0.4) is 0 Å². The summed E-state index contributed by atoms with van der Waals surface area (Å²) in [5, 5.41) is 8.61. The minimum Gasteiger partial charge on any atom is -0.392 e. The van der Waals surface area contributed by atoms with Crippen LogP contribution in [0.15, 0.2) is 21.5 Å². The van der Waals surface area contributed by atoms with Gasteiger partial charge >= 0.3 is 0 Å². The van der Waals surface area contributed by atoms with Crippen molar-refractivity contribution >= 4 is 15.9 Å². The van der Waals surface area contributed by atoms with Crippen LogP contribution in [0.1, 0.15) is 37.7 Å². The van der Waals surface area contributed by atoms with Gasteiger partial charge in [0.2, 0.25) is 0 Å². The van der Waals surface area contributed by atoms with Gasteiger partial charge in [-0.2, -0.15) is 0 Å². The first kappa shape index (κ1) is 15.4. The molecule has 1 fully saturated rings. The highest BCUT2D eigenvalue weighted by Crippen LogP contribution is 2.18. The van der Waals surface area contributed by atoms with Gasteiger partial charge in [0.05, 0.1) is 17.2 Å². The SMILES string of the molecule is COC1CCCCC1.O=c1[nH]cc(CO)cc1Br. The van der Waals surface area contributed by atoms with Crippen molar-refractivity contribution in [2.75, 3.05) is 7.11 Å². The average molecular weight is 318 g/mol. The van der Waals surface area contributed by atoms with Gasteiger partial charge in [0.1, 0.15) is 0 Å². The number of methoxy groups -OCH3 is 1. The minimum absolute atomic E-state index is 0.0601. The van der Waals surface area contributed by atoms with Crippen LogP contribution in [0.25, 0.3) is 0 Å². The van der Waals surface area contributed by atoms with Gasteiger partial charge in [0, 0.05) is 13.3 Å². The Labute approximate surface area is 116 Å². The topological polar surface area (TPSA) is 62.3 Å². The highest BCUT2D eigenvalue weighted by atomic mass is 79.9. The fraction of sp³-hybridized carbons (Fsp3) is 0.615. The Bertz CT molecular complexity index is 399. The molecule has 0 aromatic carbocycles. The number of rotatable bonds is 2. The summed E-state index contributed by atoms with van der Waals surface area (Å²) < 4.78 is 5.63. The zero-order valence-corrected chi connectivity index (χ0v) is 12.2. The molecule has 1 aromatic rings. The monoisotopic (exact) mass is 317 g/mol. The van der Waals surface area contributed by atoms with E-state index >= 15 is 0 Å². The number of nitrogens with one attached hydrogen (secondary N) is 1. The molecule has 2 N–H and O–H groups in total. The van der Waals surface area contributed by atoms with Crippen molar-refractivity contribution in [1.82, 2.24) is 4.98 Å². The molecule has 0 unspecified atom stereocenters. The molecule has 2 rings (SSSR count). The van der Waals surface area contributed by atoms with Gasteiger partial charge in [-0.3, -0.25) is 4.79 Å². The maximum absolute atomic E-state index is 10.7. The molecular weight excluding hydrogens is 298 g/mol. The fourth-order valence-electron chi connectivity index (χ4n) is 1.89. The van der Waals surface area contributed by atoms with Crippen molar-refractivity contribution in [2.45, 2.75) is 44.8 Å². The van der Waals surface area contributed by atoms with Gasteiger partial charge in [-0.05, 0) is 40.4 Å². The maximum Gasteiger partial charge on any atom is 0.262 e. The van der Waals surface area contributed by atoms with E-state index in [0.717, 1.165) is 0 Å². The van der Waals surface area contributed by atoms with E-state index in [9.17, 15) is 4.79 Å². The first-order valence-electron chi connectivity index (χ1n) is 6.18. The van der Waals surface area contributed by atoms with Crippen LogP contribution < -0.4 is 5.56 Å². The Balaban J connectivity index is 0.000000184. The smallest absolute Gasteiger partial charge is 0.262 e. The van der Waals surface area contributed by atoms with Crippen LogP contribution in [0.5, 0.6) is 0 Å². The van der Waals surface area contributed by atoms with Crippen molar-refractivity contribution in [2.24, 2.45) is 0 Å². The van der Waals surface area contributed by atoms with Crippen LogP contribution in [0.2, 0.25) is 0 Å². The largest absolute Gasteiger partial charge is 0.392 e. The molecule has 1 aromatic heterocycles. The number of halogens is 1. The van der Waals surface area contributed by atoms with Crippen molar-refractivity contribution < 1.29 is 9.84 Å². The van der Waals surface area contributed by atoms with Crippen molar-refractivity contribution in [1.29, 1.82) is 0 Å². The molecule has 5 heteroatoms. The van der Waals surface area contributed by atoms with Gasteiger partial charge in [-0.15, -0.1) is 0 Å². The second kappa shape index (κ2) is 8.45.